The number of nitrogens with zero attached hydrogens (tertiary/aromatic N) is 2. The van der Waals surface area contributed by atoms with Gasteiger partial charge in [-0.1, -0.05) is 0 Å². The Morgan fingerprint density at radius 3 is 3.15 bits per heavy atom. The minimum atomic E-state index is -0.0697. The van der Waals surface area contributed by atoms with Gasteiger partial charge in [-0.3, -0.25) is 4.79 Å². The van der Waals surface area contributed by atoms with Crippen LogP contribution in [0.3, 0.4) is 0 Å². The number of hydrogen-bond donors (Lipinski definition) is 2. The molecule has 1 atom stereocenters. The van der Waals surface area contributed by atoms with Crippen LogP contribution in [0.1, 0.15) is 42.2 Å². The Morgan fingerprint density at radius 2 is 2.45 bits per heavy atom. The van der Waals surface area contributed by atoms with Crippen molar-refractivity contribution in [3.63, 3.8) is 0 Å². The van der Waals surface area contributed by atoms with Crippen LogP contribution in [0.4, 0.5) is 5.82 Å². The maximum atomic E-state index is 12.2. The molecule has 6 heteroatoms. The van der Waals surface area contributed by atoms with Crippen molar-refractivity contribution in [2.45, 2.75) is 32.4 Å². The van der Waals surface area contributed by atoms with E-state index in [4.69, 9.17) is 0 Å². The summed E-state index contributed by atoms with van der Waals surface area (Å²) in [6.07, 6.45) is 2.64. The number of carbonyl (C=O) groups excluding carboxylic acids is 1. The molecule has 0 bridgehead atoms. The summed E-state index contributed by atoms with van der Waals surface area (Å²) in [4.78, 5) is 12.2. The van der Waals surface area contributed by atoms with Gasteiger partial charge in [-0.05, 0) is 42.7 Å². The number of nitrogens with one attached hydrogen (secondary N) is 2. The van der Waals surface area contributed by atoms with Gasteiger partial charge in [0.15, 0.2) is 0 Å². The molecule has 2 aromatic heterocycles. The highest BCUT2D eigenvalue weighted by molar-refractivity contribution is 7.07. The van der Waals surface area contributed by atoms with Gasteiger partial charge < -0.3 is 10.6 Å². The van der Waals surface area contributed by atoms with Gasteiger partial charge in [0.25, 0.3) is 5.91 Å². The first-order chi connectivity index (χ1) is 9.66. The topological polar surface area (TPSA) is 59.0 Å². The van der Waals surface area contributed by atoms with E-state index < -0.39 is 0 Å². The highest BCUT2D eigenvalue weighted by Crippen LogP contribution is 2.32. The summed E-state index contributed by atoms with van der Waals surface area (Å²) in [6, 6.07) is 2.47. The van der Waals surface area contributed by atoms with E-state index in [1.807, 2.05) is 18.5 Å². The zero-order valence-electron chi connectivity index (χ0n) is 11.6. The fraction of sp³-hybridized carbons (Fsp3) is 0.429. The third-order valence-corrected chi connectivity index (χ3v) is 4.09. The van der Waals surface area contributed by atoms with Crippen molar-refractivity contribution in [1.82, 2.24) is 15.1 Å². The average molecular weight is 290 g/mol. The first-order valence-electron chi connectivity index (χ1n) is 6.81. The van der Waals surface area contributed by atoms with Crippen molar-refractivity contribution in [1.29, 1.82) is 0 Å². The highest BCUT2D eigenvalue weighted by atomic mass is 32.1. The lowest BCUT2D eigenvalue weighted by atomic mass is 10.1. The molecule has 0 saturated heterocycles. The molecule has 1 unspecified atom stereocenters. The summed E-state index contributed by atoms with van der Waals surface area (Å²) in [5.74, 6) is 0.755. The molecule has 3 heterocycles. The maximum absolute atomic E-state index is 12.2. The normalized spacial score (nSPS) is 17.6. The van der Waals surface area contributed by atoms with Crippen LogP contribution in [-0.4, -0.2) is 28.3 Å². The number of rotatable bonds is 3. The van der Waals surface area contributed by atoms with Gasteiger partial charge in [-0.2, -0.15) is 16.4 Å². The Morgan fingerprint density at radius 1 is 1.60 bits per heavy atom. The van der Waals surface area contributed by atoms with Gasteiger partial charge in [0.2, 0.25) is 0 Å². The second kappa shape index (κ2) is 5.28. The molecule has 0 saturated carbocycles. The van der Waals surface area contributed by atoms with Crippen LogP contribution >= 0.6 is 11.3 Å². The van der Waals surface area contributed by atoms with E-state index >= 15 is 0 Å². The minimum Gasteiger partial charge on any atom is -0.369 e. The molecule has 1 amide bonds. The smallest absolute Gasteiger partial charge is 0.256 e. The molecule has 106 valence electrons. The average Bonchev–Trinajstić information content (AvgIpc) is 3.07. The predicted octanol–water partition coefficient (Wildman–Crippen LogP) is 2.49. The Bertz CT molecular complexity index is 603. The van der Waals surface area contributed by atoms with Gasteiger partial charge >= 0.3 is 0 Å². The number of fused-ring (bicyclic) bond motifs is 1. The van der Waals surface area contributed by atoms with E-state index in [-0.39, 0.29) is 18.0 Å². The summed E-state index contributed by atoms with van der Waals surface area (Å²) < 4.78 is 1.93. The molecule has 20 heavy (non-hydrogen) atoms. The van der Waals surface area contributed by atoms with Crippen molar-refractivity contribution >= 4 is 23.1 Å². The second-order valence-electron chi connectivity index (χ2n) is 5.27. The Labute approximate surface area is 122 Å². The number of aromatic nitrogens is 2. The lowest BCUT2D eigenvalue weighted by Gasteiger charge is -2.26. The van der Waals surface area contributed by atoms with Gasteiger partial charge in [0.05, 0.1) is 12.2 Å². The third-order valence-electron chi connectivity index (χ3n) is 3.39. The van der Waals surface area contributed by atoms with E-state index in [0.717, 1.165) is 18.8 Å². The molecule has 0 spiro atoms. The molecule has 3 rings (SSSR count). The molecule has 5 nitrogen and oxygen atoms in total. The van der Waals surface area contributed by atoms with Crippen LogP contribution in [0.2, 0.25) is 0 Å². The van der Waals surface area contributed by atoms with Crippen molar-refractivity contribution in [2.24, 2.45) is 0 Å². The largest absolute Gasteiger partial charge is 0.369 e. The Hall–Kier alpha value is -1.82. The monoisotopic (exact) mass is 290 g/mol. The molecule has 1 aliphatic heterocycles. The Balaban J connectivity index is 1.93. The summed E-state index contributed by atoms with van der Waals surface area (Å²) in [5.41, 5.74) is 1.88. The van der Waals surface area contributed by atoms with Crippen molar-refractivity contribution in [3.8, 4) is 0 Å². The molecule has 0 fully saturated rings. The maximum Gasteiger partial charge on any atom is 0.256 e. The quantitative estimate of drug-likeness (QED) is 0.913. The number of thiophene rings is 1. The van der Waals surface area contributed by atoms with E-state index in [1.54, 1.807) is 17.5 Å². The SMILES string of the molecule is CC(C)NC(=O)c1cnn2c1NCCC2c1ccsc1. The minimum absolute atomic E-state index is 0.0697. The molecule has 0 aliphatic carbocycles. The van der Waals surface area contributed by atoms with E-state index in [0.29, 0.717) is 5.56 Å². The van der Waals surface area contributed by atoms with Crippen molar-refractivity contribution in [2.75, 3.05) is 11.9 Å². The standard InChI is InChI=1S/C14H18N4OS/c1-9(2)17-14(19)11-7-16-18-12(3-5-15-13(11)18)10-4-6-20-8-10/h4,6-9,12,15H,3,5H2,1-2H3,(H,17,19). The summed E-state index contributed by atoms with van der Waals surface area (Å²) in [5, 5.41) is 14.9. The number of hydrogen-bond acceptors (Lipinski definition) is 4. The number of anilines is 1. The van der Waals surface area contributed by atoms with Crippen LogP contribution in [0.25, 0.3) is 0 Å². The van der Waals surface area contributed by atoms with E-state index in [1.165, 1.54) is 5.56 Å². The molecule has 1 aliphatic rings. The fourth-order valence-corrected chi connectivity index (χ4v) is 3.21. The summed E-state index contributed by atoms with van der Waals surface area (Å²) >= 11 is 1.69. The summed E-state index contributed by atoms with van der Waals surface area (Å²) in [7, 11) is 0. The van der Waals surface area contributed by atoms with Crippen molar-refractivity contribution < 1.29 is 4.79 Å². The first kappa shape index (κ1) is 13.2. The lowest BCUT2D eigenvalue weighted by molar-refractivity contribution is 0.0944. The van der Waals surface area contributed by atoms with Crippen LogP contribution in [0.15, 0.2) is 23.0 Å². The second-order valence-corrected chi connectivity index (χ2v) is 6.05. The van der Waals surface area contributed by atoms with Crippen molar-refractivity contribution in [3.05, 3.63) is 34.2 Å². The van der Waals surface area contributed by atoms with Crippen LogP contribution in [0, 0.1) is 0 Å². The predicted molar refractivity (Wildman–Crippen MR) is 80.4 cm³/mol. The number of carbonyl (C=O) groups is 1. The van der Waals surface area contributed by atoms with Crippen LogP contribution in [0.5, 0.6) is 0 Å². The summed E-state index contributed by atoms with van der Waals surface area (Å²) in [6.45, 7) is 4.76. The van der Waals surface area contributed by atoms with Gasteiger partial charge in [0, 0.05) is 12.6 Å². The van der Waals surface area contributed by atoms with Gasteiger partial charge in [-0.25, -0.2) is 4.68 Å². The number of amides is 1. The first-order valence-corrected chi connectivity index (χ1v) is 7.75. The third kappa shape index (κ3) is 2.31. The zero-order valence-corrected chi connectivity index (χ0v) is 12.4. The molecular formula is C14H18N4OS. The zero-order chi connectivity index (χ0) is 14.1. The fourth-order valence-electron chi connectivity index (χ4n) is 2.50. The molecule has 2 aromatic rings. The van der Waals surface area contributed by atoms with E-state index in [2.05, 4.69) is 32.6 Å². The Kier molecular flexibility index (Phi) is 3.48. The van der Waals surface area contributed by atoms with Crippen LogP contribution in [-0.2, 0) is 0 Å². The van der Waals surface area contributed by atoms with Gasteiger partial charge in [0.1, 0.15) is 11.4 Å². The van der Waals surface area contributed by atoms with Crippen LogP contribution < -0.4 is 10.6 Å². The lowest BCUT2D eigenvalue weighted by Crippen LogP contribution is -2.31. The van der Waals surface area contributed by atoms with E-state index in [9.17, 15) is 4.79 Å². The van der Waals surface area contributed by atoms with Gasteiger partial charge in [-0.15, -0.1) is 0 Å². The highest BCUT2D eigenvalue weighted by Gasteiger charge is 2.27. The molecule has 2 N–H and O–H groups in total. The molecule has 0 radical (unpaired) electrons. The molecule has 0 aromatic carbocycles. The molecular weight excluding hydrogens is 272 g/mol.